The van der Waals surface area contributed by atoms with Crippen molar-refractivity contribution >= 4 is 21.9 Å². The highest BCUT2D eigenvalue weighted by Gasteiger charge is 2.15. The Balaban J connectivity index is 1.43. The first-order chi connectivity index (χ1) is 12.2. The molecular formula is C21H23BrO3. The first kappa shape index (κ1) is 18.0. The zero-order chi connectivity index (χ0) is 17.5. The third-order valence-corrected chi connectivity index (χ3v) is 5.16. The lowest BCUT2D eigenvalue weighted by molar-refractivity contribution is -0.147. The van der Waals surface area contributed by atoms with Crippen LogP contribution < -0.4 is 4.74 Å². The number of hydrogen-bond donors (Lipinski definition) is 0. The molecule has 3 nitrogen and oxygen atoms in total. The Labute approximate surface area is 157 Å². The molecule has 0 radical (unpaired) electrons. The maximum absolute atomic E-state index is 11.8. The molecule has 0 bridgehead atoms. The molecule has 3 rings (SSSR count). The summed E-state index contributed by atoms with van der Waals surface area (Å²) in [6.07, 6.45) is 6.57. The summed E-state index contributed by atoms with van der Waals surface area (Å²) in [7, 11) is 0. The zero-order valence-electron chi connectivity index (χ0n) is 14.2. The summed E-state index contributed by atoms with van der Waals surface area (Å²) in [4.78, 5) is 11.8. The number of hydrogen-bond acceptors (Lipinski definition) is 3. The molecule has 1 saturated carbocycles. The van der Waals surface area contributed by atoms with Crippen molar-refractivity contribution in [2.45, 2.75) is 44.6 Å². The number of rotatable bonds is 6. The van der Waals surface area contributed by atoms with Crippen LogP contribution in [0.2, 0.25) is 0 Å². The van der Waals surface area contributed by atoms with E-state index in [2.05, 4.69) is 28.1 Å². The summed E-state index contributed by atoms with van der Waals surface area (Å²) in [5.74, 6) is 1.03. The van der Waals surface area contributed by atoms with Gasteiger partial charge in [-0.2, -0.15) is 0 Å². The van der Waals surface area contributed by atoms with E-state index < -0.39 is 0 Å². The lowest BCUT2D eigenvalue weighted by Crippen LogP contribution is -2.14. The Bertz CT molecular complexity index is 673. The largest absolute Gasteiger partial charge is 0.482 e. The van der Waals surface area contributed by atoms with Crippen LogP contribution in [0.25, 0.3) is 0 Å². The van der Waals surface area contributed by atoms with Gasteiger partial charge in [0.2, 0.25) is 0 Å². The predicted molar refractivity (Wildman–Crippen MR) is 102 cm³/mol. The van der Waals surface area contributed by atoms with Crippen LogP contribution in [0.3, 0.4) is 0 Å². The Hall–Kier alpha value is -1.81. The quantitative estimate of drug-likeness (QED) is 0.588. The van der Waals surface area contributed by atoms with Crippen LogP contribution in [0.4, 0.5) is 0 Å². The summed E-state index contributed by atoms with van der Waals surface area (Å²) in [5, 5.41) is 0. The Morgan fingerprint density at radius 2 is 1.64 bits per heavy atom. The van der Waals surface area contributed by atoms with Crippen LogP contribution in [0.5, 0.6) is 5.75 Å². The molecule has 0 aromatic heterocycles. The Morgan fingerprint density at radius 1 is 0.960 bits per heavy atom. The number of carbonyl (C=O) groups is 1. The molecule has 0 N–H and O–H groups in total. The van der Waals surface area contributed by atoms with Gasteiger partial charge in [-0.15, -0.1) is 0 Å². The van der Waals surface area contributed by atoms with Crippen molar-refractivity contribution in [3.63, 3.8) is 0 Å². The highest BCUT2D eigenvalue weighted by molar-refractivity contribution is 9.10. The summed E-state index contributed by atoms with van der Waals surface area (Å²) in [6.45, 7) is 0.190. The molecule has 0 aliphatic heterocycles. The second kappa shape index (κ2) is 9.04. The average molecular weight is 403 g/mol. The van der Waals surface area contributed by atoms with Crippen molar-refractivity contribution in [2.75, 3.05) is 6.61 Å². The molecule has 0 spiro atoms. The monoisotopic (exact) mass is 402 g/mol. The minimum atomic E-state index is -0.362. The second-order valence-corrected chi connectivity index (χ2v) is 7.40. The van der Waals surface area contributed by atoms with Gasteiger partial charge in [-0.3, -0.25) is 0 Å². The fourth-order valence-corrected chi connectivity index (χ4v) is 3.46. The van der Waals surface area contributed by atoms with E-state index in [0.29, 0.717) is 11.7 Å². The van der Waals surface area contributed by atoms with Crippen LogP contribution in [0.15, 0.2) is 53.0 Å². The van der Waals surface area contributed by atoms with Crippen LogP contribution in [-0.2, 0) is 16.1 Å². The molecule has 0 heterocycles. The molecule has 25 heavy (non-hydrogen) atoms. The van der Waals surface area contributed by atoms with Gasteiger partial charge in [0.15, 0.2) is 6.61 Å². The van der Waals surface area contributed by atoms with Gasteiger partial charge in [0, 0.05) is 4.47 Å². The first-order valence-electron chi connectivity index (χ1n) is 8.83. The predicted octanol–water partition coefficient (Wildman–Crippen LogP) is 5.62. The van der Waals surface area contributed by atoms with Gasteiger partial charge in [-0.1, -0.05) is 59.5 Å². The van der Waals surface area contributed by atoms with Gasteiger partial charge in [0.05, 0.1) is 0 Å². The third kappa shape index (κ3) is 5.60. The second-order valence-electron chi connectivity index (χ2n) is 6.48. The molecule has 1 fully saturated rings. The highest BCUT2D eigenvalue weighted by Crippen LogP contribution is 2.33. The molecule has 2 aromatic carbocycles. The van der Waals surface area contributed by atoms with Crippen LogP contribution in [-0.4, -0.2) is 12.6 Å². The SMILES string of the molecule is O=C(COc1ccc(C2CCCCC2)cc1)OCc1ccc(Br)cc1. The van der Waals surface area contributed by atoms with Crippen LogP contribution in [0.1, 0.15) is 49.1 Å². The summed E-state index contributed by atoms with van der Waals surface area (Å²) in [6, 6.07) is 15.8. The van der Waals surface area contributed by atoms with E-state index in [4.69, 9.17) is 9.47 Å². The van der Waals surface area contributed by atoms with E-state index >= 15 is 0 Å². The maximum atomic E-state index is 11.8. The minimum Gasteiger partial charge on any atom is -0.482 e. The molecule has 0 atom stereocenters. The normalized spacial score (nSPS) is 14.9. The lowest BCUT2D eigenvalue weighted by Gasteiger charge is -2.22. The van der Waals surface area contributed by atoms with Gasteiger partial charge >= 0.3 is 5.97 Å². The number of benzene rings is 2. The van der Waals surface area contributed by atoms with E-state index in [0.717, 1.165) is 10.0 Å². The van der Waals surface area contributed by atoms with Crippen molar-refractivity contribution in [2.24, 2.45) is 0 Å². The fraction of sp³-hybridized carbons (Fsp3) is 0.381. The minimum absolute atomic E-state index is 0.0701. The molecule has 0 amide bonds. The zero-order valence-corrected chi connectivity index (χ0v) is 15.8. The van der Waals surface area contributed by atoms with E-state index in [-0.39, 0.29) is 19.2 Å². The summed E-state index contributed by atoms with van der Waals surface area (Å²) >= 11 is 3.38. The Kier molecular flexibility index (Phi) is 6.51. The molecule has 2 aromatic rings. The van der Waals surface area contributed by atoms with Crippen molar-refractivity contribution < 1.29 is 14.3 Å². The van der Waals surface area contributed by atoms with Gasteiger partial charge in [0.25, 0.3) is 0 Å². The molecule has 1 aliphatic rings. The fourth-order valence-electron chi connectivity index (χ4n) is 3.20. The third-order valence-electron chi connectivity index (χ3n) is 4.63. The highest BCUT2D eigenvalue weighted by atomic mass is 79.9. The van der Waals surface area contributed by atoms with Gasteiger partial charge in [-0.05, 0) is 54.2 Å². The van der Waals surface area contributed by atoms with E-state index in [1.165, 1.54) is 37.7 Å². The number of esters is 1. The standard InChI is InChI=1S/C21H23BrO3/c22-19-10-6-16(7-11-19)14-25-21(23)15-24-20-12-8-18(9-13-20)17-4-2-1-3-5-17/h6-13,17H,1-5,14-15H2. The van der Waals surface area contributed by atoms with Gasteiger partial charge in [-0.25, -0.2) is 4.79 Å². The number of ether oxygens (including phenoxy) is 2. The van der Waals surface area contributed by atoms with E-state index in [1.54, 1.807) is 0 Å². The molecule has 4 heteroatoms. The molecule has 0 saturated heterocycles. The van der Waals surface area contributed by atoms with Crippen LogP contribution >= 0.6 is 15.9 Å². The average Bonchev–Trinajstić information content (AvgIpc) is 2.67. The molecule has 1 aliphatic carbocycles. The molecule has 132 valence electrons. The van der Waals surface area contributed by atoms with E-state index in [9.17, 15) is 4.79 Å². The van der Waals surface area contributed by atoms with Crippen molar-refractivity contribution in [3.8, 4) is 5.75 Å². The smallest absolute Gasteiger partial charge is 0.344 e. The van der Waals surface area contributed by atoms with Crippen molar-refractivity contribution in [1.29, 1.82) is 0 Å². The number of carbonyl (C=O) groups excluding carboxylic acids is 1. The first-order valence-corrected chi connectivity index (χ1v) is 9.63. The van der Waals surface area contributed by atoms with Crippen molar-refractivity contribution in [1.82, 2.24) is 0 Å². The van der Waals surface area contributed by atoms with E-state index in [1.807, 2.05) is 36.4 Å². The number of halogens is 1. The van der Waals surface area contributed by atoms with Crippen molar-refractivity contribution in [3.05, 3.63) is 64.1 Å². The Morgan fingerprint density at radius 3 is 2.32 bits per heavy atom. The van der Waals surface area contributed by atoms with Gasteiger partial charge in [0.1, 0.15) is 12.4 Å². The topological polar surface area (TPSA) is 35.5 Å². The maximum Gasteiger partial charge on any atom is 0.344 e. The lowest BCUT2D eigenvalue weighted by atomic mass is 9.84. The molecule has 0 unspecified atom stereocenters. The van der Waals surface area contributed by atoms with Crippen LogP contribution in [0, 0.1) is 0 Å². The summed E-state index contributed by atoms with van der Waals surface area (Å²) in [5.41, 5.74) is 2.33. The van der Waals surface area contributed by atoms with Gasteiger partial charge < -0.3 is 9.47 Å². The molecular weight excluding hydrogens is 380 g/mol. The summed E-state index contributed by atoms with van der Waals surface area (Å²) < 4.78 is 11.8.